The van der Waals surface area contributed by atoms with E-state index in [4.69, 9.17) is 10.5 Å². The molecule has 0 bridgehead atoms. The number of nitrogens with two attached hydrogens (primary N) is 1. The predicted octanol–water partition coefficient (Wildman–Crippen LogP) is 3.77. The maximum atomic E-state index is 12.2. The van der Waals surface area contributed by atoms with Gasteiger partial charge in [-0.3, -0.25) is 4.79 Å². The highest BCUT2D eigenvalue weighted by molar-refractivity contribution is 5.85. The molecule has 0 aromatic heterocycles. The van der Waals surface area contributed by atoms with Crippen LogP contribution < -0.4 is 15.8 Å². The van der Waals surface area contributed by atoms with Crippen molar-refractivity contribution < 1.29 is 9.53 Å². The second-order valence-corrected chi connectivity index (χ2v) is 5.52. The third-order valence-electron chi connectivity index (χ3n) is 3.68. The van der Waals surface area contributed by atoms with Crippen molar-refractivity contribution in [3.63, 3.8) is 0 Å². The Morgan fingerprint density at radius 3 is 2.46 bits per heavy atom. The topological polar surface area (TPSA) is 64.3 Å². The van der Waals surface area contributed by atoms with Crippen molar-refractivity contribution in [3.8, 4) is 5.75 Å². The lowest BCUT2D eigenvalue weighted by Crippen LogP contribution is -2.29. The van der Waals surface area contributed by atoms with Crippen molar-refractivity contribution in [2.45, 2.75) is 32.4 Å². The zero-order valence-electron chi connectivity index (χ0n) is 14.1. The highest BCUT2D eigenvalue weighted by Gasteiger charge is 2.14. The molecule has 3 N–H and O–H groups in total. The number of benzene rings is 2. The number of carbonyl (C=O) groups excluding carboxylic acids is 1. The van der Waals surface area contributed by atoms with Crippen molar-refractivity contribution in [3.05, 3.63) is 65.7 Å². The fourth-order valence-corrected chi connectivity index (χ4v) is 2.44. The predicted molar refractivity (Wildman–Crippen MR) is 99.4 cm³/mol. The molecular formula is C19H25ClN2O2. The summed E-state index contributed by atoms with van der Waals surface area (Å²) in [5.74, 6) is 0.753. The Morgan fingerprint density at radius 1 is 1.12 bits per heavy atom. The fourth-order valence-electron chi connectivity index (χ4n) is 2.44. The molecule has 1 amide bonds. The van der Waals surface area contributed by atoms with Crippen LogP contribution in [0.15, 0.2) is 54.6 Å². The van der Waals surface area contributed by atoms with Gasteiger partial charge in [-0.1, -0.05) is 42.5 Å². The largest absolute Gasteiger partial charge is 0.494 e. The average molecular weight is 349 g/mol. The molecule has 0 heterocycles. The Hall–Kier alpha value is -2.04. The lowest BCUT2D eigenvalue weighted by molar-refractivity contribution is -0.122. The number of halogens is 1. The maximum absolute atomic E-state index is 12.2. The van der Waals surface area contributed by atoms with E-state index in [1.165, 1.54) is 0 Å². The first-order valence-corrected chi connectivity index (χ1v) is 7.92. The van der Waals surface area contributed by atoms with Gasteiger partial charge in [0.2, 0.25) is 5.91 Å². The molecule has 2 rings (SSSR count). The first-order valence-electron chi connectivity index (χ1n) is 7.92. The number of hydrogen-bond acceptors (Lipinski definition) is 3. The van der Waals surface area contributed by atoms with E-state index in [1.807, 2.05) is 68.4 Å². The van der Waals surface area contributed by atoms with E-state index >= 15 is 0 Å². The van der Waals surface area contributed by atoms with Crippen molar-refractivity contribution in [2.24, 2.45) is 5.73 Å². The molecule has 24 heavy (non-hydrogen) atoms. The second kappa shape index (κ2) is 9.96. The quantitative estimate of drug-likeness (QED) is 0.800. The van der Waals surface area contributed by atoms with Crippen LogP contribution in [-0.4, -0.2) is 12.5 Å². The highest BCUT2D eigenvalue weighted by Crippen LogP contribution is 2.20. The molecule has 4 nitrogen and oxygen atoms in total. The van der Waals surface area contributed by atoms with E-state index in [-0.39, 0.29) is 36.8 Å². The molecule has 130 valence electrons. The minimum absolute atomic E-state index is 0. The summed E-state index contributed by atoms with van der Waals surface area (Å²) in [6, 6.07) is 17.0. The molecule has 5 heteroatoms. The monoisotopic (exact) mass is 348 g/mol. The van der Waals surface area contributed by atoms with Crippen LogP contribution in [0.4, 0.5) is 0 Å². The minimum atomic E-state index is -0.293. The highest BCUT2D eigenvalue weighted by atomic mass is 35.5. The van der Waals surface area contributed by atoms with Crippen LogP contribution in [0.25, 0.3) is 0 Å². The SMILES string of the molecule is CCOc1cccc(C(C)NC(=O)CC(N)c2ccccc2)c1.Cl. The van der Waals surface area contributed by atoms with Crippen molar-refractivity contribution in [1.29, 1.82) is 0 Å². The van der Waals surface area contributed by atoms with Crippen LogP contribution in [0.5, 0.6) is 5.75 Å². The van der Waals surface area contributed by atoms with Crippen LogP contribution in [-0.2, 0) is 4.79 Å². The molecule has 2 atom stereocenters. The van der Waals surface area contributed by atoms with Gasteiger partial charge in [0.1, 0.15) is 5.75 Å². The minimum Gasteiger partial charge on any atom is -0.494 e. The second-order valence-electron chi connectivity index (χ2n) is 5.52. The Balaban J connectivity index is 0.00000288. The maximum Gasteiger partial charge on any atom is 0.222 e. The molecule has 0 saturated carbocycles. The summed E-state index contributed by atoms with van der Waals surface area (Å²) in [7, 11) is 0. The zero-order chi connectivity index (χ0) is 16.7. The van der Waals surface area contributed by atoms with E-state index < -0.39 is 0 Å². The molecular weight excluding hydrogens is 324 g/mol. The Morgan fingerprint density at radius 2 is 1.79 bits per heavy atom. The fraction of sp³-hybridized carbons (Fsp3) is 0.316. The molecule has 0 aliphatic carbocycles. The van der Waals surface area contributed by atoms with Gasteiger partial charge in [0.05, 0.1) is 12.6 Å². The first kappa shape index (κ1) is 20.0. The summed E-state index contributed by atoms with van der Waals surface area (Å²) >= 11 is 0. The normalized spacial score (nSPS) is 12.6. The van der Waals surface area contributed by atoms with Gasteiger partial charge in [-0.25, -0.2) is 0 Å². The number of amides is 1. The van der Waals surface area contributed by atoms with Gasteiger partial charge in [0.15, 0.2) is 0 Å². The number of carbonyl (C=O) groups is 1. The lowest BCUT2D eigenvalue weighted by atomic mass is 10.0. The standard InChI is InChI=1S/C19H24N2O2.ClH/c1-3-23-17-11-7-10-16(12-17)14(2)21-19(22)13-18(20)15-8-5-4-6-9-15;/h4-12,14,18H,3,13,20H2,1-2H3,(H,21,22);1H. The summed E-state index contributed by atoms with van der Waals surface area (Å²) in [5, 5.41) is 2.99. The Bertz CT molecular complexity index is 634. The van der Waals surface area contributed by atoms with E-state index in [0.717, 1.165) is 16.9 Å². The average Bonchev–Trinajstić information content (AvgIpc) is 2.56. The third-order valence-corrected chi connectivity index (χ3v) is 3.68. The number of rotatable bonds is 7. The zero-order valence-corrected chi connectivity index (χ0v) is 14.9. The molecule has 0 aliphatic heterocycles. The molecule has 0 radical (unpaired) electrons. The van der Waals surface area contributed by atoms with Crippen molar-refractivity contribution in [2.75, 3.05) is 6.61 Å². The third kappa shape index (κ3) is 5.87. The smallest absolute Gasteiger partial charge is 0.222 e. The Labute approximate surface area is 149 Å². The molecule has 0 aliphatic rings. The van der Waals surface area contributed by atoms with Crippen molar-refractivity contribution >= 4 is 18.3 Å². The molecule has 2 unspecified atom stereocenters. The van der Waals surface area contributed by atoms with Crippen molar-refractivity contribution in [1.82, 2.24) is 5.32 Å². The van der Waals surface area contributed by atoms with Gasteiger partial charge < -0.3 is 15.8 Å². The van der Waals surface area contributed by atoms with Gasteiger partial charge in [0, 0.05) is 12.5 Å². The molecule has 0 saturated heterocycles. The van der Waals surface area contributed by atoms with E-state index in [0.29, 0.717) is 6.61 Å². The van der Waals surface area contributed by atoms with Gasteiger partial charge in [-0.05, 0) is 37.1 Å². The first-order chi connectivity index (χ1) is 11.1. The van der Waals surface area contributed by atoms with Crippen LogP contribution in [0.2, 0.25) is 0 Å². The summed E-state index contributed by atoms with van der Waals surface area (Å²) in [5.41, 5.74) is 8.07. The lowest BCUT2D eigenvalue weighted by Gasteiger charge is -2.17. The van der Waals surface area contributed by atoms with Crippen LogP contribution in [0.3, 0.4) is 0 Å². The van der Waals surface area contributed by atoms with Crippen LogP contribution >= 0.6 is 12.4 Å². The van der Waals surface area contributed by atoms with E-state index in [9.17, 15) is 4.79 Å². The van der Waals surface area contributed by atoms with Gasteiger partial charge in [0.25, 0.3) is 0 Å². The summed E-state index contributed by atoms with van der Waals surface area (Å²) in [4.78, 5) is 12.2. The summed E-state index contributed by atoms with van der Waals surface area (Å²) in [6.45, 7) is 4.52. The van der Waals surface area contributed by atoms with Crippen LogP contribution in [0, 0.1) is 0 Å². The molecule has 0 spiro atoms. The van der Waals surface area contributed by atoms with E-state index in [1.54, 1.807) is 0 Å². The Kier molecular flexibility index (Phi) is 8.30. The molecule has 2 aromatic carbocycles. The number of hydrogen-bond donors (Lipinski definition) is 2. The van der Waals surface area contributed by atoms with Gasteiger partial charge in [-0.15, -0.1) is 12.4 Å². The number of nitrogens with one attached hydrogen (secondary N) is 1. The summed E-state index contributed by atoms with van der Waals surface area (Å²) < 4.78 is 5.49. The number of ether oxygens (including phenoxy) is 1. The molecule has 0 fully saturated rings. The van der Waals surface area contributed by atoms with E-state index in [2.05, 4.69) is 5.32 Å². The van der Waals surface area contributed by atoms with Gasteiger partial charge in [-0.2, -0.15) is 0 Å². The van der Waals surface area contributed by atoms with Crippen LogP contribution in [0.1, 0.15) is 43.5 Å². The summed E-state index contributed by atoms with van der Waals surface area (Å²) in [6.07, 6.45) is 0.263. The van der Waals surface area contributed by atoms with Gasteiger partial charge >= 0.3 is 0 Å². The molecule has 2 aromatic rings.